The maximum absolute atomic E-state index is 12.6. The maximum Gasteiger partial charge on any atom is 0.242 e. The lowest BCUT2D eigenvalue weighted by Crippen LogP contribution is -2.47. The molecule has 6 nitrogen and oxygen atoms in total. The van der Waals surface area contributed by atoms with Gasteiger partial charge in [0, 0.05) is 25.9 Å². The number of allylic oxidation sites excluding steroid dienone is 2. The molecular weight excluding hydrogens is 450 g/mol. The van der Waals surface area contributed by atoms with E-state index in [-0.39, 0.29) is 24.1 Å². The number of carbonyl (C=O) groups is 3. The van der Waals surface area contributed by atoms with Crippen LogP contribution in [0.5, 0.6) is 0 Å². The molecule has 0 spiro atoms. The van der Waals surface area contributed by atoms with Crippen LogP contribution in [0.1, 0.15) is 143 Å². The lowest BCUT2D eigenvalue weighted by Gasteiger charge is -2.18. The summed E-state index contributed by atoms with van der Waals surface area (Å²) in [5.74, 6) is -0.371. The zero-order chi connectivity index (χ0) is 26.7. The molecule has 0 aromatic carbocycles. The molecular formula is C30H57N3O3. The molecule has 1 atom stereocenters. The molecule has 0 saturated carbocycles. The van der Waals surface area contributed by atoms with Crippen LogP contribution >= 0.6 is 0 Å². The summed E-state index contributed by atoms with van der Waals surface area (Å²) in [6.07, 6.45) is 24.0. The largest absolute Gasteiger partial charge is 0.356 e. The minimum absolute atomic E-state index is 0.0668. The predicted molar refractivity (Wildman–Crippen MR) is 152 cm³/mol. The summed E-state index contributed by atoms with van der Waals surface area (Å²) in [6, 6.07) is -0.655. The van der Waals surface area contributed by atoms with Gasteiger partial charge in [0.15, 0.2) is 0 Å². The number of nitrogens with one attached hydrogen (secondary N) is 3. The van der Waals surface area contributed by atoms with Gasteiger partial charge in [-0.15, -0.1) is 0 Å². The van der Waals surface area contributed by atoms with E-state index in [0.29, 0.717) is 25.9 Å². The predicted octanol–water partition coefficient (Wildman–Crippen LogP) is 6.73. The van der Waals surface area contributed by atoms with Crippen LogP contribution in [0.15, 0.2) is 12.2 Å². The molecule has 3 N–H and O–H groups in total. The SMILES string of the molecule is CCCCCCCCCC/C=C/CCCCC(=O)N[C@@H](CCC(=O)NCCCC)C(=O)NCCCC. The summed E-state index contributed by atoms with van der Waals surface area (Å²) in [4.78, 5) is 37.1. The summed E-state index contributed by atoms with van der Waals surface area (Å²) in [5, 5.41) is 8.63. The van der Waals surface area contributed by atoms with Crippen molar-refractivity contribution in [3.05, 3.63) is 12.2 Å². The van der Waals surface area contributed by atoms with E-state index >= 15 is 0 Å². The second-order valence-corrected chi connectivity index (χ2v) is 9.99. The molecule has 0 aromatic heterocycles. The molecule has 0 aromatic rings. The smallest absolute Gasteiger partial charge is 0.242 e. The third kappa shape index (κ3) is 22.6. The van der Waals surface area contributed by atoms with Gasteiger partial charge in [0.1, 0.15) is 6.04 Å². The lowest BCUT2D eigenvalue weighted by molar-refractivity contribution is -0.129. The van der Waals surface area contributed by atoms with Gasteiger partial charge in [-0.3, -0.25) is 14.4 Å². The molecule has 3 amide bonds. The van der Waals surface area contributed by atoms with Crippen LogP contribution in [-0.4, -0.2) is 36.9 Å². The molecule has 0 aliphatic rings. The van der Waals surface area contributed by atoms with Gasteiger partial charge in [-0.25, -0.2) is 0 Å². The van der Waals surface area contributed by atoms with Crippen molar-refractivity contribution in [3.8, 4) is 0 Å². The highest BCUT2D eigenvalue weighted by Gasteiger charge is 2.21. The van der Waals surface area contributed by atoms with Crippen LogP contribution < -0.4 is 16.0 Å². The van der Waals surface area contributed by atoms with Crippen molar-refractivity contribution in [1.29, 1.82) is 0 Å². The van der Waals surface area contributed by atoms with Crippen LogP contribution in [0.25, 0.3) is 0 Å². The first-order chi connectivity index (χ1) is 17.5. The van der Waals surface area contributed by atoms with Crippen LogP contribution in [0, 0.1) is 0 Å². The molecule has 0 fully saturated rings. The van der Waals surface area contributed by atoms with Crippen molar-refractivity contribution >= 4 is 17.7 Å². The second-order valence-electron chi connectivity index (χ2n) is 9.99. The van der Waals surface area contributed by atoms with E-state index in [0.717, 1.165) is 51.4 Å². The Labute approximate surface area is 222 Å². The quantitative estimate of drug-likeness (QED) is 0.0945. The average molecular weight is 508 g/mol. The van der Waals surface area contributed by atoms with Gasteiger partial charge in [0.25, 0.3) is 0 Å². The Hall–Kier alpha value is -1.85. The van der Waals surface area contributed by atoms with E-state index < -0.39 is 6.04 Å². The lowest BCUT2D eigenvalue weighted by atomic mass is 10.1. The van der Waals surface area contributed by atoms with E-state index in [1.54, 1.807) is 0 Å². The molecule has 0 bridgehead atoms. The van der Waals surface area contributed by atoms with Crippen molar-refractivity contribution < 1.29 is 14.4 Å². The summed E-state index contributed by atoms with van der Waals surface area (Å²) >= 11 is 0. The Bertz CT molecular complexity index is 578. The minimum Gasteiger partial charge on any atom is -0.356 e. The summed E-state index contributed by atoms with van der Waals surface area (Å²) < 4.78 is 0. The third-order valence-electron chi connectivity index (χ3n) is 6.41. The number of hydrogen-bond donors (Lipinski definition) is 3. The fourth-order valence-electron chi connectivity index (χ4n) is 3.99. The molecule has 6 heteroatoms. The van der Waals surface area contributed by atoms with Gasteiger partial charge in [-0.2, -0.15) is 0 Å². The highest BCUT2D eigenvalue weighted by Crippen LogP contribution is 2.10. The van der Waals surface area contributed by atoms with Gasteiger partial charge in [-0.05, 0) is 51.4 Å². The van der Waals surface area contributed by atoms with Crippen molar-refractivity contribution in [2.75, 3.05) is 13.1 Å². The number of unbranched alkanes of at least 4 members (excludes halogenated alkanes) is 12. The average Bonchev–Trinajstić information content (AvgIpc) is 2.87. The molecule has 210 valence electrons. The van der Waals surface area contributed by atoms with Gasteiger partial charge in [0.05, 0.1) is 0 Å². The highest BCUT2D eigenvalue weighted by atomic mass is 16.2. The van der Waals surface area contributed by atoms with Gasteiger partial charge in [-0.1, -0.05) is 90.7 Å². The van der Waals surface area contributed by atoms with Crippen LogP contribution in [-0.2, 0) is 14.4 Å². The molecule has 0 aliphatic carbocycles. The Balaban J connectivity index is 4.10. The minimum atomic E-state index is -0.655. The molecule has 0 saturated heterocycles. The van der Waals surface area contributed by atoms with Crippen molar-refractivity contribution in [2.24, 2.45) is 0 Å². The van der Waals surface area contributed by atoms with Crippen LogP contribution in [0.3, 0.4) is 0 Å². The zero-order valence-corrected chi connectivity index (χ0v) is 23.8. The van der Waals surface area contributed by atoms with Gasteiger partial charge in [0.2, 0.25) is 17.7 Å². The van der Waals surface area contributed by atoms with Gasteiger partial charge >= 0.3 is 0 Å². The topological polar surface area (TPSA) is 87.3 Å². The molecule has 0 aliphatic heterocycles. The first-order valence-corrected chi connectivity index (χ1v) is 15.0. The molecule has 0 unspecified atom stereocenters. The fraction of sp³-hybridized carbons (Fsp3) is 0.833. The first kappa shape index (κ1) is 34.1. The first-order valence-electron chi connectivity index (χ1n) is 15.0. The molecule has 36 heavy (non-hydrogen) atoms. The van der Waals surface area contributed by atoms with Gasteiger partial charge < -0.3 is 16.0 Å². The fourth-order valence-corrected chi connectivity index (χ4v) is 3.99. The summed E-state index contributed by atoms with van der Waals surface area (Å²) in [7, 11) is 0. The van der Waals surface area contributed by atoms with Crippen molar-refractivity contribution in [1.82, 2.24) is 16.0 Å². The standard InChI is InChI=1S/C30H57N3O3/c1-4-7-10-11-12-13-14-15-16-17-18-19-20-21-22-29(35)33-27(30(36)32-26-9-6-3)23-24-28(34)31-25-8-5-2/h17-18,27H,4-16,19-26H2,1-3H3,(H,31,34)(H,32,36)(H,33,35)/b18-17+/t27-/m0/s1. The Kier molecular flexibility index (Phi) is 24.9. The molecule has 0 radical (unpaired) electrons. The third-order valence-corrected chi connectivity index (χ3v) is 6.41. The van der Waals surface area contributed by atoms with E-state index in [2.05, 4.69) is 48.9 Å². The van der Waals surface area contributed by atoms with Crippen molar-refractivity contribution in [3.63, 3.8) is 0 Å². The monoisotopic (exact) mass is 507 g/mol. The highest BCUT2D eigenvalue weighted by molar-refractivity contribution is 5.88. The number of carbonyl (C=O) groups excluding carboxylic acids is 3. The van der Waals surface area contributed by atoms with Crippen molar-refractivity contribution in [2.45, 2.75) is 149 Å². The van der Waals surface area contributed by atoms with E-state index in [1.165, 1.54) is 51.4 Å². The van der Waals surface area contributed by atoms with E-state index in [9.17, 15) is 14.4 Å². The normalized spacial score (nSPS) is 12.0. The Morgan fingerprint density at radius 3 is 1.72 bits per heavy atom. The summed E-state index contributed by atoms with van der Waals surface area (Å²) in [5.41, 5.74) is 0. The van der Waals surface area contributed by atoms with Crippen LogP contribution in [0.2, 0.25) is 0 Å². The number of rotatable bonds is 25. The maximum atomic E-state index is 12.6. The van der Waals surface area contributed by atoms with Crippen LogP contribution in [0.4, 0.5) is 0 Å². The zero-order valence-electron chi connectivity index (χ0n) is 23.8. The second kappa shape index (κ2) is 26.2. The Morgan fingerprint density at radius 1 is 0.583 bits per heavy atom. The number of amides is 3. The van der Waals surface area contributed by atoms with E-state index in [1.807, 2.05) is 0 Å². The number of hydrogen-bond acceptors (Lipinski definition) is 3. The van der Waals surface area contributed by atoms with E-state index in [4.69, 9.17) is 0 Å². The summed E-state index contributed by atoms with van der Waals surface area (Å²) in [6.45, 7) is 7.65. The Morgan fingerprint density at radius 2 is 1.11 bits per heavy atom. The molecule has 0 rings (SSSR count). The molecule has 0 heterocycles.